The monoisotopic (exact) mass is 452 g/mol. The number of carbonyl (C=O) groups is 2. The largest absolute Gasteiger partial charge is 0.449 e. The molecule has 1 fully saturated rings. The van der Waals surface area contributed by atoms with Gasteiger partial charge in [0.25, 0.3) is 5.91 Å². The first kappa shape index (κ1) is 22.0. The van der Waals surface area contributed by atoms with Gasteiger partial charge in [-0.3, -0.25) is 4.79 Å². The predicted octanol–water partition coefficient (Wildman–Crippen LogP) is 5.52. The van der Waals surface area contributed by atoms with E-state index >= 15 is 0 Å². The van der Waals surface area contributed by atoms with E-state index in [9.17, 15) is 9.59 Å². The molecule has 1 saturated carbocycles. The Hall–Kier alpha value is -3.86. The Bertz CT molecular complexity index is 1170. The van der Waals surface area contributed by atoms with Crippen molar-refractivity contribution in [1.29, 1.82) is 0 Å². The molecular weight excluding hydrogens is 424 g/mol. The van der Waals surface area contributed by atoms with Crippen LogP contribution in [0.3, 0.4) is 0 Å². The highest BCUT2D eigenvalue weighted by atomic mass is 16.5. The molecule has 0 spiro atoms. The number of alkyl carbamates (subject to hydrolysis) is 1. The Balaban J connectivity index is 1.06. The van der Waals surface area contributed by atoms with Crippen molar-refractivity contribution in [2.45, 2.75) is 31.2 Å². The molecule has 0 radical (unpaired) electrons. The minimum atomic E-state index is -0.402. The fourth-order valence-corrected chi connectivity index (χ4v) is 4.37. The molecule has 0 bridgehead atoms. The van der Waals surface area contributed by atoms with E-state index < -0.39 is 6.09 Å². The van der Waals surface area contributed by atoms with Gasteiger partial charge in [-0.1, -0.05) is 72.8 Å². The molecule has 0 atom stereocenters. The summed E-state index contributed by atoms with van der Waals surface area (Å²) in [6.45, 7) is 0.811. The Kier molecular flexibility index (Phi) is 6.43. The lowest BCUT2D eigenvalue weighted by Gasteiger charge is -2.14. The van der Waals surface area contributed by atoms with E-state index in [1.807, 2.05) is 60.7 Å². The molecule has 172 valence electrons. The van der Waals surface area contributed by atoms with Crippen molar-refractivity contribution in [3.63, 3.8) is 0 Å². The van der Waals surface area contributed by atoms with Crippen LogP contribution in [0.1, 0.15) is 52.2 Å². The van der Waals surface area contributed by atoms with Crippen LogP contribution in [0.4, 0.5) is 4.79 Å². The lowest BCUT2D eigenvalue weighted by Crippen LogP contribution is -2.26. The first-order valence-electron chi connectivity index (χ1n) is 11.9. The van der Waals surface area contributed by atoms with Crippen LogP contribution in [0.5, 0.6) is 0 Å². The summed E-state index contributed by atoms with van der Waals surface area (Å²) in [5, 5.41) is 5.81. The van der Waals surface area contributed by atoms with Crippen molar-refractivity contribution < 1.29 is 14.3 Å². The number of carbonyl (C=O) groups excluding carboxylic acids is 2. The Morgan fingerprint density at radius 1 is 0.882 bits per heavy atom. The van der Waals surface area contributed by atoms with Gasteiger partial charge in [-0.05, 0) is 59.2 Å². The summed E-state index contributed by atoms with van der Waals surface area (Å²) in [5.41, 5.74) is 6.54. The van der Waals surface area contributed by atoms with Crippen LogP contribution in [-0.4, -0.2) is 31.2 Å². The maximum Gasteiger partial charge on any atom is 0.407 e. The zero-order chi connectivity index (χ0) is 23.3. The van der Waals surface area contributed by atoms with Crippen LogP contribution in [0.2, 0.25) is 0 Å². The third kappa shape index (κ3) is 5.04. The van der Waals surface area contributed by atoms with Crippen molar-refractivity contribution in [2.75, 3.05) is 13.2 Å². The Labute approximate surface area is 199 Å². The molecule has 5 heteroatoms. The Morgan fingerprint density at radius 2 is 1.53 bits per heavy atom. The molecule has 0 saturated heterocycles. The lowest BCUT2D eigenvalue weighted by atomic mass is 9.98. The van der Waals surface area contributed by atoms with E-state index in [-0.39, 0.29) is 11.8 Å². The number of rotatable bonds is 8. The molecule has 34 heavy (non-hydrogen) atoms. The van der Waals surface area contributed by atoms with Crippen LogP contribution >= 0.6 is 0 Å². The number of amides is 2. The van der Waals surface area contributed by atoms with E-state index in [0.717, 1.165) is 18.4 Å². The van der Waals surface area contributed by atoms with Gasteiger partial charge in [0.15, 0.2) is 0 Å². The molecule has 0 aliphatic heterocycles. The van der Waals surface area contributed by atoms with Crippen molar-refractivity contribution in [3.05, 3.63) is 101 Å². The van der Waals surface area contributed by atoms with Gasteiger partial charge in [-0.25, -0.2) is 4.79 Å². The van der Waals surface area contributed by atoms with Gasteiger partial charge in [0.05, 0.1) is 0 Å². The predicted molar refractivity (Wildman–Crippen MR) is 134 cm³/mol. The average molecular weight is 453 g/mol. The molecular formula is C29H28N2O3. The van der Waals surface area contributed by atoms with Gasteiger partial charge in [-0.2, -0.15) is 0 Å². The maximum atomic E-state index is 12.2. The van der Waals surface area contributed by atoms with Gasteiger partial charge >= 0.3 is 6.09 Å². The van der Waals surface area contributed by atoms with Crippen molar-refractivity contribution in [3.8, 4) is 11.1 Å². The average Bonchev–Trinajstić information content (AvgIpc) is 3.63. The summed E-state index contributed by atoms with van der Waals surface area (Å²) >= 11 is 0. The molecule has 3 aromatic carbocycles. The van der Waals surface area contributed by atoms with Gasteiger partial charge in [0.2, 0.25) is 0 Å². The number of ether oxygens (including phenoxy) is 1. The summed E-state index contributed by atoms with van der Waals surface area (Å²) in [6, 6.07) is 24.5. The fourth-order valence-electron chi connectivity index (χ4n) is 4.37. The van der Waals surface area contributed by atoms with E-state index in [0.29, 0.717) is 31.2 Å². The summed E-state index contributed by atoms with van der Waals surface area (Å²) < 4.78 is 5.56. The number of benzene rings is 3. The summed E-state index contributed by atoms with van der Waals surface area (Å²) in [4.78, 5) is 24.3. The zero-order valence-corrected chi connectivity index (χ0v) is 19.0. The normalized spacial score (nSPS) is 14.5. The van der Waals surface area contributed by atoms with Gasteiger partial charge in [0.1, 0.15) is 6.61 Å². The molecule has 2 amide bonds. The number of hydrogen-bond acceptors (Lipinski definition) is 3. The molecule has 0 aromatic heterocycles. The minimum absolute atomic E-state index is 0.00896. The first-order valence-corrected chi connectivity index (χ1v) is 11.9. The molecule has 2 N–H and O–H groups in total. The van der Waals surface area contributed by atoms with Crippen molar-refractivity contribution in [2.24, 2.45) is 0 Å². The minimum Gasteiger partial charge on any atom is -0.449 e. The number of hydrogen-bond donors (Lipinski definition) is 2. The second-order valence-electron chi connectivity index (χ2n) is 8.81. The van der Waals surface area contributed by atoms with Gasteiger partial charge < -0.3 is 15.4 Å². The molecule has 0 heterocycles. The molecule has 2 aliphatic rings. The van der Waals surface area contributed by atoms with Crippen molar-refractivity contribution >= 4 is 18.1 Å². The molecule has 2 aliphatic carbocycles. The molecule has 5 rings (SSSR count). The van der Waals surface area contributed by atoms with Crippen LogP contribution in [0.15, 0.2) is 78.9 Å². The van der Waals surface area contributed by atoms with E-state index in [4.69, 9.17) is 4.74 Å². The van der Waals surface area contributed by atoms with E-state index in [2.05, 4.69) is 34.9 Å². The van der Waals surface area contributed by atoms with Crippen LogP contribution < -0.4 is 10.6 Å². The quantitative estimate of drug-likeness (QED) is 0.442. The van der Waals surface area contributed by atoms with Crippen LogP contribution in [0, 0.1) is 0 Å². The van der Waals surface area contributed by atoms with Gasteiger partial charge in [-0.15, -0.1) is 0 Å². The first-order chi connectivity index (χ1) is 16.7. The third-order valence-electron chi connectivity index (χ3n) is 6.32. The van der Waals surface area contributed by atoms with E-state index in [1.54, 1.807) is 0 Å². The summed E-state index contributed by atoms with van der Waals surface area (Å²) in [6.07, 6.45) is 6.44. The smallest absolute Gasteiger partial charge is 0.407 e. The summed E-state index contributed by atoms with van der Waals surface area (Å²) in [5.74, 6) is 0.0534. The van der Waals surface area contributed by atoms with Crippen molar-refractivity contribution in [1.82, 2.24) is 10.6 Å². The summed E-state index contributed by atoms with van der Waals surface area (Å²) in [7, 11) is 0. The number of nitrogens with one attached hydrogen (secondary N) is 2. The maximum absolute atomic E-state index is 12.2. The Morgan fingerprint density at radius 3 is 2.18 bits per heavy atom. The lowest BCUT2D eigenvalue weighted by molar-refractivity contribution is 0.0951. The van der Waals surface area contributed by atoms with Gasteiger partial charge in [0, 0.05) is 24.1 Å². The highest BCUT2D eigenvalue weighted by molar-refractivity contribution is 5.94. The van der Waals surface area contributed by atoms with Crippen LogP contribution in [0.25, 0.3) is 17.2 Å². The topological polar surface area (TPSA) is 67.4 Å². The third-order valence-corrected chi connectivity index (χ3v) is 6.32. The molecule has 3 aromatic rings. The molecule has 0 unspecified atom stereocenters. The number of fused-ring (bicyclic) bond motifs is 3. The molecule has 5 nitrogen and oxygen atoms in total. The van der Waals surface area contributed by atoms with Crippen LogP contribution in [-0.2, 0) is 4.74 Å². The second kappa shape index (κ2) is 9.96. The second-order valence-corrected chi connectivity index (χ2v) is 8.81. The van der Waals surface area contributed by atoms with E-state index in [1.165, 1.54) is 22.3 Å². The standard InChI is InChI=1S/C29H28N2O3/c32-28(31-22-16-17-22)21-14-12-20(13-15-21)7-5-6-18-30-29(33)34-19-27-25-10-3-1-8-23(25)24-9-2-4-11-26(24)27/h1-5,7-15,22,27H,6,16-19H2,(H,30,33)(H,31,32). The zero-order valence-electron chi connectivity index (χ0n) is 19.0. The fraction of sp³-hybridized carbons (Fsp3) is 0.241. The SMILES string of the molecule is O=C(NCCC=Cc1ccc(C(=O)NC2CC2)cc1)OCC1c2ccccc2-c2ccccc21. The highest BCUT2D eigenvalue weighted by Gasteiger charge is 2.29. The highest BCUT2D eigenvalue weighted by Crippen LogP contribution is 2.44.